The maximum absolute atomic E-state index is 12.6. The Balaban J connectivity index is 1.56. The van der Waals surface area contributed by atoms with Crippen LogP contribution in [0.15, 0.2) is 54.6 Å². The molecule has 4 nitrogen and oxygen atoms in total. The van der Waals surface area contributed by atoms with Gasteiger partial charge in [-0.25, -0.2) is 0 Å². The van der Waals surface area contributed by atoms with Crippen molar-refractivity contribution in [1.29, 1.82) is 0 Å². The van der Waals surface area contributed by atoms with Gasteiger partial charge in [-0.2, -0.15) is 0 Å². The highest BCUT2D eigenvalue weighted by Gasteiger charge is 2.24. The number of nitrogens with zero attached hydrogens (tertiary/aromatic N) is 2. The molecule has 0 saturated carbocycles. The smallest absolute Gasteiger partial charge is 0.223 e. The van der Waals surface area contributed by atoms with E-state index in [1.54, 1.807) is 7.11 Å². The van der Waals surface area contributed by atoms with Crippen LogP contribution in [0, 0.1) is 0 Å². The summed E-state index contributed by atoms with van der Waals surface area (Å²) in [5, 5.41) is 0. The Kier molecular flexibility index (Phi) is 5.59. The van der Waals surface area contributed by atoms with E-state index in [9.17, 15) is 4.79 Å². The molecule has 0 aliphatic carbocycles. The maximum Gasteiger partial charge on any atom is 0.223 e. The van der Waals surface area contributed by atoms with Crippen molar-refractivity contribution in [2.75, 3.05) is 38.2 Å². The predicted molar refractivity (Wildman–Crippen MR) is 101 cm³/mol. The molecular formula is C21H26N2O2. The summed E-state index contributed by atoms with van der Waals surface area (Å²) < 4.78 is 5.45. The Morgan fingerprint density at radius 3 is 2.32 bits per heavy atom. The summed E-state index contributed by atoms with van der Waals surface area (Å²) in [5.74, 6) is 1.39. The van der Waals surface area contributed by atoms with Crippen molar-refractivity contribution in [3.05, 3.63) is 60.2 Å². The second-order valence-electron chi connectivity index (χ2n) is 6.56. The van der Waals surface area contributed by atoms with Gasteiger partial charge >= 0.3 is 0 Å². The van der Waals surface area contributed by atoms with Crippen LogP contribution in [0.1, 0.15) is 24.8 Å². The largest absolute Gasteiger partial charge is 0.495 e. The molecule has 1 fully saturated rings. The Morgan fingerprint density at radius 1 is 1.00 bits per heavy atom. The summed E-state index contributed by atoms with van der Waals surface area (Å²) in [7, 11) is 1.70. The van der Waals surface area contributed by atoms with Crippen LogP contribution in [-0.4, -0.2) is 44.1 Å². The number of benzene rings is 2. The van der Waals surface area contributed by atoms with E-state index >= 15 is 0 Å². The molecule has 1 amide bonds. The highest BCUT2D eigenvalue weighted by atomic mass is 16.5. The van der Waals surface area contributed by atoms with Crippen LogP contribution in [-0.2, 0) is 4.79 Å². The number of anilines is 1. The van der Waals surface area contributed by atoms with E-state index in [-0.39, 0.29) is 11.8 Å². The summed E-state index contributed by atoms with van der Waals surface area (Å²) in [6.45, 7) is 5.33. The predicted octanol–water partition coefficient (Wildman–Crippen LogP) is 3.54. The molecule has 1 aliphatic rings. The highest BCUT2D eigenvalue weighted by molar-refractivity contribution is 5.77. The second-order valence-corrected chi connectivity index (χ2v) is 6.56. The van der Waals surface area contributed by atoms with Crippen molar-refractivity contribution in [3.8, 4) is 5.75 Å². The maximum atomic E-state index is 12.6. The van der Waals surface area contributed by atoms with Crippen molar-refractivity contribution in [2.24, 2.45) is 0 Å². The van der Waals surface area contributed by atoms with Gasteiger partial charge in [0.05, 0.1) is 12.8 Å². The van der Waals surface area contributed by atoms with Crippen molar-refractivity contribution in [1.82, 2.24) is 4.90 Å². The van der Waals surface area contributed by atoms with Gasteiger partial charge < -0.3 is 14.5 Å². The van der Waals surface area contributed by atoms with Crippen LogP contribution in [0.2, 0.25) is 0 Å². The standard InChI is InChI=1S/C21H26N2O2/c1-17(18-8-4-3-5-9-18)16-21(24)23-14-12-22(13-15-23)19-10-6-7-11-20(19)25-2/h3-11,17H,12-16H2,1-2H3/t17-/m0/s1. The minimum absolute atomic E-state index is 0.246. The Bertz CT molecular complexity index is 694. The average molecular weight is 338 g/mol. The van der Waals surface area contributed by atoms with Crippen molar-refractivity contribution in [2.45, 2.75) is 19.3 Å². The second kappa shape index (κ2) is 8.06. The molecule has 0 aromatic heterocycles. The van der Waals surface area contributed by atoms with Gasteiger partial charge in [-0.15, -0.1) is 0 Å². The molecule has 2 aromatic carbocycles. The zero-order valence-electron chi connectivity index (χ0n) is 15.0. The summed E-state index contributed by atoms with van der Waals surface area (Å²) in [6.07, 6.45) is 0.568. The van der Waals surface area contributed by atoms with Gasteiger partial charge in [0.15, 0.2) is 0 Å². The summed E-state index contributed by atoms with van der Waals surface area (Å²) in [6, 6.07) is 18.3. The number of carbonyl (C=O) groups is 1. The molecule has 0 unspecified atom stereocenters. The van der Waals surface area contributed by atoms with Gasteiger partial charge in [-0.05, 0) is 23.6 Å². The fraction of sp³-hybridized carbons (Fsp3) is 0.381. The SMILES string of the molecule is COc1ccccc1N1CCN(C(=O)C[C@H](C)c2ccccc2)CC1. The number of rotatable bonds is 5. The minimum atomic E-state index is 0.246. The first-order chi connectivity index (χ1) is 12.2. The van der Waals surface area contributed by atoms with Gasteiger partial charge in [0.25, 0.3) is 0 Å². The molecular weight excluding hydrogens is 312 g/mol. The summed E-state index contributed by atoms with van der Waals surface area (Å²) in [5.41, 5.74) is 2.33. The van der Waals surface area contributed by atoms with E-state index in [1.165, 1.54) is 5.56 Å². The Morgan fingerprint density at radius 2 is 1.64 bits per heavy atom. The van der Waals surface area contributed by atoms with E-state index < -0.39 is 0 Å². The number of ether oxygens (including phenoxy) is 1. The lowest BCUT2D eigenvalue weighted by atomic mass is 9.97. The van der Waals surface area contributed by atoms with Gasteiger partial charge in [-0.1, -0.05) is 49.4 Å². The van der Waals surface area contributed by atoms with Crippen LogP contribution in [0.5, 0.6) is 5.75 Å². The lowest BCUT2D eigenvalue weighted by Crippen LogP contribution is -2.49. The zero-order chi connectivity index (χ0) is 17.6. The number of para-hydroxylation sites is 2. The van der Waals surface area contributed by atoms with E-state index in [0.717, 1.165) is 37.6 Å². The minimum Gasteiger partial charge on any atom is -0.495 e. The molecule has 1 saturated heterocycles. The third kappa shape index (κ3) is 4.13. The molecule has 0 radical (unpaired) electrons. The topological polar surface area (TPSA) is 32.8 Å². The molecule has 4 heteroatoms. The van der Waals surface area contributed by atoms with Crippen LogP contribution < -0.4 is 9.64 Å². The monoisotopic (exact) mass is 338 g/mol. The number of methoxy groups -OCH3 is 1. The fourth-order valence-corrected chi connectivity index (χ4v) is 3.38. The quantitative estimate of drug-likeness (QED) is 0.836. The van der Waals surface area contributed by atoms with E-state index in [1.807, 2.05) is 41.3 Å². The average Bonchev–Trinajstić information content (AvgIpc) is 2.68. The van der Waals surface area contributed by atoms with Crippen molar-refractivity contribution >= 4 is 11.6 Å². The molecule has 0 N–H and O–H groups in total. The number of hydrogen-bond donors (Lipinski definition) is 0. The first-order valence-electron chi connectivity index (χ1n) is 8.89. The van der Waals surface area contributed by atoms with Gasteiger partial charge in [0.1, 0.15) is 5.75 Å². The summed E-state index contributed by atoms with van der Waals surface area (Å²) >= 11 is 0. The normalized spacial score (nSPS) is 15.8. The van der Waals surface area contributed by atoms with Crippen LogP contribution >= 0.6 is 0 Å². The fourth-order valence-electron chi connectivity index (χ4n) is 3.38. The molecule has 132 valence electrons. The molecule has 25 heavy (non-hydrogen) atoms. The third-order valence-corrected chi connectivity index (χ3v) is 4.91. The van der Waals surface area contributed by atoms with Crippen LogP contribution in [0.3, 0.4) is 0 Å². The first-order valence-corrected chi connectivity index (χ1v) is 8.89. The molecule has 1 atom stereocenters. The summed E-state index contributed by atoms with van der Waals surface area (Å²) in [4.78, 5) is 16.9. The highest BCUT2D eigenvalue weighted by Crippen LogP contribution is 2.28. The zero-order valence-corrected chi connectivity index (χ0v) is 15.0. The number of hydrogen-bond acceptors (Lipinski definition) is 3. The number of piperazine rings is 1. The van der Waals surface area contributed by atoms with Crippen molar-refractivity contribution in [3.63, 3.8) is 0 Å². The number of carbonyl (C=O) groups excluding carboxylic acids is 1. The molecule has 1 heterocycles. The van der Waals surface area contributed by atoms with E-state index in [2.05, 4.69) is 30.0 Å². The van der Waals surface area contributed by atoms with Crippen LogP contribution in [0.25, 0.3) is 0 Å². The number of amides is 1. The van der Waals surface area contributed by atoms with E-state index in [4.69, 9.17) is 4.74 Å². The van der Waals surface area contributed by atoms with Crippen LogP contribution in [0.4, 0.5) is 5.69 Å². The molecule has 0 spiro atoms. The van der Waals surface area contributed by atoms with E-state index in [0.29, 0.717) is 6.42 Å². The third-order valence-electron chi connectivity index (χ3n) is 4.91. The lowest BCUT2D eigenvalue weighted by molar-refractivity contribution is -0.131. The van der Waals surface area contributed by atoms with Gasteiger partial charge in [0.2, 0.25) is 5.91 Å². The molecule has 3 rings (SSSR count). The molecule has 1 aliphatic heterocycles. The van der Waals surface area contributed by atoms with Gasteiger partial charge in [-0.3, -0.25) is 4.79 Å². The van der Waals surface area contributed by atoms with Gasteiger partial charge in [0, 0.05) is 32.6 Å². The molecule has 2 aromatic rings. The Hall–Kier alpha value is -2.49. The first kappa shape index (κ1) is 17.3. The lowest BCUT2D eigenvalue weighted by Gasteiger charge is -2.37. The van der Waals surface area contributed by atoms with Crippen molar-refractivity contribution < 1.29 is 9.53 Å². The Labute approximate surface area is 150 Å². The molecule has 0 bridgehead atoms.